The first-order valence-corrected chi connectivity index (χ1v) is 5.36. The van der Waals surface area contributed by atoms with Crippen LogP contribution in [-0.4, -0.2) is 21.7 Å². The molecule has 17 heavy (non-hydrogen) atoms. The van der Waals surface area contributed by atoms with Gasteiger partial charge < -0.3 is 5.32 Å². The van der Waals surface area contributed by atoms with Crippen LogP contribution in [0, 0.1) is 18.3 Å². The lowest BCUT2D eigenvalue weighted by Gasteiger charge is -2.06. The first-order valence-electron chi connectivity index (χ1n) is 4.98. The number of carbonyl (C=O) groups excluding carboxylic acids is 1. The molecule has 1 rings (SSSR count). The number of halogens is 1. The third kappa shape index (κ3) is 3.61. The Morgan fingerprint density at radius 1 is 1.76 bits per heavy atom. The van der Waals surface area contributed by atoms with Gasteiger partial charge in [-0.3, -0.25) is 9.48 Å². The van der Waals surface area contributed by atoms with Gasteiger partial charge in [-0.25, -0.2) is 0 Å². The van der Waals surface area contributed by atoms with E-state index < -0.39 is 6.04 Å². The zero-order valence-electron chi connectivity index (χ0n) is 9.86. The van der Waals surface area contributed by atoms with Gasteiger partial charge in [-0.15, -0.1) is 0 Å². The second kappa shape index (κ2) is 5.51. The highest BCUT2D eigenvalue weighted by molar-refractivity contribution is 6.29. The zero-order chi connectivity index (χ0) is 13.0. The van der Waals surface area contributed by atoms with Crippen molar-refractivity contribution in [3.05, 3.63) is 28.6 Å². The molecule has 0 spiro atoms. The van der Waals surface area contributed by atoms with E-state index in [1.165, 1.54) is 6.08 Å². The summed E-state index contributed by atoms with van der Waals surface area (Å²) in [4.78, 5) is 11.8. The molecule has 5 nitrogen and oxygen atoms in total. The number of rotatable bonds is 3. The van der Waals surface area contributed by atoms with Crippen molar-refractivity contribution >= 4 is 17.5 Å². The highest BCUT2D eigenvalue weighted by Gasteiger charge is 2.15. The van der Waals surface area contributed by atoms with Gasteiger partial charge in [-0.05, 0) is 19.9 Å². The molecule has 1 aromatic heterocycles. The molecule has 0 radical (unpaired) electrons. The second-order valence-electron chi connectivity index (χ2n) is 3.64. The Bertz CT molecular complexity index is 494. The molecular formula is C11H13ClN4O. The Morgan fingerprint density at radius 2 is 2.41 bits per heavy atom. The quantitative estimate of drug-likeness (QED) is 0.886. The van der Waals surface area contributed by atoms with E-state index in [0.717, 1.165) is 0 Å². The van der Waals surface area contributed by atoms with Crippen LogP contribution in [0.15, 0.2) is 17.3 Å². The van der Waals surface area contributed by atoms with E-state index in [1.54, 1.807) is 31.8 Å². The summed E-state index contributed by atoms with van der Waals surface area (Å²) in [5.74, 6) is -0.337. The number of allylic oxidation sites excluding steroid dienone is 1. The topological polar surface area (TPSA) is 70.7 Å². The number of aromatic nitrogens is 2. The Hall–Kier alpha value is -1.80. The molecular weight excluding hydrogens is 240 g/mol. The van der Waals surface area contributed by atoms with E-state index in [2.05, 4.69) is 10.4 Å². The smallest absolute Gasteiger partial charge is 0.256 e. The van der Waals surface area contributed by atoms with Gasteiger partial charge in [0.1, 0.15) is 6.04 Å². The molecule has 1 atom stereocenters. The lowest BCUT2D eigenvalue weighted by Crippen LogP contribution is -2.32. The van der Waals surface area contributed by atoms with Crippen LogP contribution in [0.25, 0.3) is 0 Å². The number of nitrogens with zero attached hydrogens (tertiary/aromatic N) is 3. The number of aryl methyl sites for hydroxylation is 2. The van der Waals surface area contributed by atoms with Crippen molar-refractivity contribution in [1.29, 1.82) is 5.26 Å². The molecule has 1 heterocycles. The maximum atomic E-state index is 11.8. The predicted molar refractivity (Wildman–Crippen MR) is 64.4 cm³/mol. The minimum absolute atomic E-state index is 0.337. The summed E-state index contributed by atoms with van der Waals surface area (Å²) in [6.45, 7) is 3.38. The molecule has 1 N–H and O–H groups in total. The Kier molecular flexibility index (Phi) is 4.30. The van der Waals surface area contributed by atoms with E-state index in [1.807, 2.05) is 6.07 Å². The van der Waals surface area contributed by atoms with Crippen LogP contribution in [0.2, 0.25) is 0 Å². The van der Waals surface area contributed by atoms with Gasteiger partial charge in [0.2, 0.25) is 0 Å². The van der Waals surface area contributed by atoms with Gasteiger partial charge >= 0.3 is 0 Å². The number of amides is 1. The van der Waals surface area contributed by atoms with Crippen LogP contribution in [0.4, 0.5) is 0 Å². The van der Waals surface area contributed by atoms with Gasteiger partial charge in [-0.1, -0.05) is 11.6 Å². The maximum Gasteiger partial charge on any atom is 0.256 e. The standard InChI is InChI=1S/C11H13ClN4O/c1-7(12)4-9(5-13)14-11(17)10-6-16(3)15-8(10)2/h4,6,9H,1-3H3,(H,14,17). The van der Waals surface area contributed by atoms with Gasteiger partial charge in [0, 0.05) is 18.3 Å². The van der Waals surface area contributed by atoms with Crippen molar-refractivity contribution in [2.45, 2.75) is 19.9 Å². The van der Waals surface area contributed by atoms with Crippen molar-refractivity contribution in [3.8, 4) is 6.07 Å². The Balaban J connectivity index is 2.83. The predicted octanol–water partition coefficient (Wildman–Crippen LogP) is 1.49. The monoisotopic (exact) mass is 252 g/mol. The molecule has 90 valence electrons. The van der Waals surface area contributed by atoms with Gasteiger partial charge in [0.25, 0.3) is 5.91 Å². The first kappa shape index (κ1) is 13.3. The van der Waals surface area contributed by atoms with E-state index in [-0.39, 0.29) is 5.91 Å². The summed E-state index contributed by atoms with van der Waals surface area (Å²) < 4.78 is 1.55. The number of hydrogen-bond donors (Lipinski definition) is 1. The lowest BCUT2D eigenvalue weighted by molar-refractivity contribution is 0.0950. The third-order valence-electron chi connectivity index (χ3n) is 2.08. The van der Waals surface area contributed by atoms with Crippen LogP contribution in [-0.2, 0) is 7.05 Å². The Labute approximate surface area is 105 Å². The van der Waals surface area contributed by atoms with Crippen molar-refractivity contribution in [2.75, 3.05) is 0 Å². The molecule has 1 unspecified atom stereocenters. The van der Waals surface area contributed by atoms with Crippen molar-refractivity contribution < 1.29 is 4.79 Å². The van der Waals surface area contributed by atoms with E-state index in [0.29, 0.717) is 16.3 Å². The average Bonchev–Trinajstić information content (AvgIpc) is 2.56. The molecule has 0 fully saturated rings. The molecule has 0 aliphatic rings. The minimum atomic E-state index is -0.736. The zero-order valence-corrected chi connectivity index (χ0v) is 10.6. The highest BCUT2D eigenvalue weighted by Crippen LogP contribution is 2.06. The van der Waals surface area contributed by atoms with Crippen LogP contribution >= 0.6 is 11.6 Å². The summed E-state index contributed by atoms with van der Waals surface area (Å²) >= 11 is 5.66. The van der Waals surface area contributed by atoms with Crippen LogP contribution < -0.4 is 5.32 Å². The Morgan fingerprint density at radius 3 is 2.82 bits per heavy atom. The molecule has 0 saturated carbocycles. The van der Waals surface area contributed by atoms with Crippen molar-refractivity contribution in [1.82, 2.24) is 15.1 Å². The van der Waals surface area contributed by atoms with Crippen LogP contribution in [0.1, 0.15) is 23.0 Å². The largest absolute Gasteiger partial charge is 0.333 e. The fourth-order valence-electron chi connectivity index (χ4n) is 1.38. The fourth-order valence-corrected chi connectivity index (χ4v) is 1.51. The number of carbonyl (C=O) groups is 1. The third-order valence-corrected chi connectivity index (χ3v) is 2.21. The molecule has 1 aromatic rings. The lowest BCUT2D eigenvalue weighted by atomic mass is 10.2. The summed E-state index contributed by atoms with van der Waals surface area (Å²) in [6, 6.07) is 1.20. The van der Waals surface area contributed by atoms with Gasteiger partial charge in [0.15, 0.2) is 0 Å². The number of nitriles is 1. The SMILES string of the molecule is CC(Cl)=CC(C#N)NC(=O)c1cn(C)nc1C. The van der Waals surface area contributed by atoms with E-state index in [4.69, 9.17) is 16.9 Å². The van der Waals surface area contributed by atoms with Gasteiger partial charge in [0.05, 0.1) is 17.3 Å². The van der Waals surface area contributed by atoms with Crippen LogP contribution in [0.5, 0.6) is 0 Å². The first-order chi connectivity index (χ1) is 7.93. The normalized spacial score (nSPS) is 13.0. The van der Waals surface area contributed by atoms with E-state index >= 15 is 0 Å². The minimum Gasteiger partial charge on any atom is -0.333 e. The summed E-state index contributed by atoms with van der Waals surface area (Å²) in [7, 11) is 1.73. The molecule has 0 aliphatic heterocycles. The van der Waals surface area contributed by atoms with E-state index in [9.17, 15) is 4.79 Å². The van der Waals surface area contributed by atoms with Gasteiger partial charge in [-0.2, -0.15) is 10.4 Å². The maximum absolute atomic E-state index is 11.8. The summed E-state index contributed by atoms with van der Waals surface area (Å²) in [5, 5.41) is 15.9. The van der Waals surface area contributed by atoms with Crippen LogP contribution in [0.3, 0.4) is 0 Å². The molecule has 0 aromatic carbocycles. The summed E-state index contributed by atoms with van der Waals surface area (Å²) in [5.41, 5.74) is 1.07. The second-order valence-corrected chi connectivity index (χ2v) is 4.23. The highest BCUT2D eigenvalue weighted by atomic mass is 35.5. The summed E-state index contributed by atoms with van der Waals surface area (Å²) in [6.07, 6.45) is 3.08. The fraction of sp³-hybridized carbons (Fsp3) is 0.364. The number of hydrogen-bond acceptors (Lipinski definition) is 3. The molecule has 0 aliphatic carbocycles. The van der Waals surface area contributed by atoms with Crippen molar-refractivity contribution in [2.24, 2.45) is 7.05 Å². The molecule has 0 bridgehead atoms. The number of nitrogens with one attached hydrogen (secondary N) is 1. The average molecular weight is 253 g/mol. The molecule has 6 heteroatoms. The molecule has 0 saturated heterocycles. The molecule has 1 amide bonds. The van der Waals surface area contributed by atoms with Crippen molar-refractivity contribution in [3.63, 3.8) is 0 Å².